The molecule has 0 spiro atoms. The van der Waals surface area contributed by atoms with Crippen molar-refractivity contribution in [2.75, 3.05) is 5.73 Å². The molecule has 0 radical (unpaired) electrons. The number of nitrogens with two attached hydrogens (primary N) is 2. The number of benzene rings is 1. The minimum Gasteiger partial charge on any atom is -0.379 e. The highest BCUT2D eigenvalue weighted by Crippen LogP contribution is 2.05. The van der Waals surface area contributed by atoms with E-state index in [0.717, 1.165) is 0 Å². The Balaban J connectivity index is 2.08. The second kappa shape index (κ2) is 4.95. The number of amidine groups is 1. The third kappa shape index (κ3) is 2.43. The molecular weight excluding hydrogens is 238 g/mol. The summed E-state index contributed by atoms with van der Waals surface area (Å²) < 4.78 is 4.33. The lowest BCUT2D eigenvalue weighted by Gasteiger charge is -1.98. The van der Waals surface area contributed by atoms with Crippen LogP contribution in [0.2, 0.25) is 0 Å². The molecule has 18 heavy (non-hydrogen) atoms. The van der Waals surface area contributed by atoms with Crippen LogP contribution in [-0.2, 0) is 4.84 Å². The molecule has 0 aliphatic rings. The van der Waals surface area contributed by atoms with Gasteiger partial charge in [0.1, 0.15) is 0 Å². The van der Waals surface area contributed by atoms with E-state index in [1.165, 1.54) is 0 Å². The first kappa shape index (κ1) is 11.6. The van der Waals surface area contributed by atoms with Crippen molar-refractivity contribution >= 4 is 17.6 Å². The molecule has 0 atom stereocenters. The molecule has 0 fully saturated rings. The fraction of sp³-hybridized carbons (Fsp3) is 0. The molecule has 2 aromatic rings. The van der Waals surface area contributed by atoms with E-state index in [0.29, 0.717) is 5.56 Å². The van der Waals surface area contributed by atoms with E-state index in [4.69, 9.17) is 11.5 Å². The van der Waals surface area contributed by atoms with Crippen molar-refractivity contribution in [3.05, 3.63) is 41.6 Å². The molecule has 8 nitrogen and oxygen atoms in total. The van der Waals surface area contributed by atoms with E-state index in [1.807, 2.05) is 0 Å². The summed E-state index contributed by atoms with van der Waals surface area (Å²) in [5.41, 5.74) is 11.3. The lowest BCUT2D eigenvalue weighted by Crippen LogP contribution is -2.17. The standard InChI is InChI=1S/C10H9N5O3/c11-8(7-9(12)15-18-13-7)14-17-10(16)6-4-2-1-3-5-6/h1-5H,(H2,11,14)(H2,12,15). The quantitative estimate of drug-likeness (QED) is 0.341. The number of nitrogens with zero attached hydrogens (tertiary/aromatic N) is 3. The molecule has 0 saturated carbocycles. The number of aromatic nitrogens is 2. The van der Waals surface area contributed by atoms with Crippen molar-refractivity contribution in [3.8, 4) is 0 Å². The zero-order valence-corrected chi connectivity index (χ0v) is 9.11. The zero-order valence-electron chi connectivity index (χ0n) is 9.11. The van der Waals surface area contributed by atoms with Crippen LogP contribution in [0.4, 0.5) is 5.82 Å². The lowest BCUT2D eigenvalue weighted by molar-refractivity contribution is 0.0516. The Bertz CT molecular complexity index is 578. The second-order valence-electron chi connectivity index (χ2n) is 3.22. The predicted molar refractivity (Wildman–Crippen MR) is 61.3 cm³/mol. The van der Waals surface area contributed by atoms with Crippen molar-refractivity contribution in [1.82, 2.24) is 10.3 Å². The third-order valence-corrected chi connectivity index (χ3v) is 1.99. The van der Waals surface area contributed by atoms with E-state index < -0.39 is 5.97 Å². The minimum atomic E-state index is -0.645. The van der Waals surface area contributed by atoms with Gasteiger partial charge in [-0.1, -0.05) is 23.4 Å². The zero-order chi connectivity index (χ0) is 13.0. The number of carbonyl (C=O) groups is 1. The number of anilines is 1. The number of carbonyl (C=O) groups excluding carboxylic acids is 1. The molecule has 4 N–H and O–H groups in total. The minimum absolute atomic E-state index is 0.0239. The molecule has 1 aromatic carbocycles. The van der Waals surface area contributed by atoms with Gasteiger partial charge in [0.15, 0.2) is 17.3 Å². The van der Waals surface area contributed by atoms with E-state index in [-0.39, 0.29) is 17.3 Å². The van der Waals surface area contributed by atoms with Crippen LogP contribution >= 0.6 is 0 Å². The van der Waals surface area contributed by atoms with Gasteiger partial charge in [-0.25, -0.2) is 9.42 Å². The highest BCUT2D eigenvalue weighted by Gasteiger charge is 2.12. The average molecular weight is 247 g/mol. The van der Waals surface area contributed by atoms with Gasteiger partial charge in [-0.3, -0.25) is 0 Å². The molecule has 0 unspecified atom stereocenters. The molecule has 1 heterocycles. The first-order chi connectivity index (χ1) is 8.68. The Morgan fingerprint density at radius 3 is 2.61 bits per heavy atom. The Labute approximate surface area is 101 Å². The molecule has 0 amide bonds. The molecule has 2 rings (SSSR count). The fourth-order valence-corrected chi connectivity index (χ4v) is 1.13. The molecule has 0 bridgehead atoms. The number of oxime groups is 1. The molecule has 1 aromatic heterocycles. The molecule has 0 aliphatic heterocycles. The highest BCUT2D eigenvalue weighted by molar-refractivity contribution is 5.99. The Morgan fingerprint density at radius 2 is 2.00 bits per heavy atom. The van der Waals surface area contributed by atoms with E-state index >= 15 is 0 Å². The molecule has 0 saturated heterocycles. The van der Waals surface area contributed by atoms with E-state index in [9.17, 15) is 4.79 Å². The molecule has 8 heteroatoms. The van der Waals surface area contributed by atoms with Crippen LogP contribution in [0, 0.1) is 0 Å². The topological polar surface area (TPSA) is 130 Å². The summed E-state index contributed by atoms with van der Waals surface area (Å²) in [5, 5.41) is 10.1. The fourth-order valence-electron chi connectivity index (χ4n) is 1.13. The largest absolute Gasteiger partial charge is 0.379 e. The van der Waals surface area contributed by atoms with Crippen molar-refractivity contribution in [2.45, 2.75) is 0 Å². The van der Waals surface area contributed by atoms with Gasteiger partial charge in [0.25, 0.3) is 0 Å². The number of nitrogen functional groups attached to an aromatic ring is 1. The molecule has 0 aliphatic carbocycles. The van der Waals surface area contributed by atoms with Crippen molar-refractivity contribution in [1.29, 1.82) is 0 Å². The summed E-state index contributed by atoms with van der Waals surface area (Å²) in [6, 6.07) is 8.34. The van der Waals surface area contributed by atoms with Gasteiger partial charge in [-0.05, 0) is 22.4 Å². The van der Waals surface area contributed by atoms with Gasteiger partial charge in [0, 0.05) is 0 Å². The summed E-state index contributed by atoms with van der Waals surface area (Å²) in [7, 11) is 0. The van der Waals surface area contributed by atoms with Crippen LogP contribution in [0.25, 0.3) is 0 Å². The van der Waals surface area contributed by atoms with Gasteiger partial charge in [-0.15, -0.1) is 0 Å². The third-order valence-electron chi connectivity index (χ3n) is 1.99. The normalized spacial score (nSPS) is 11.2. The Kier molecular flexibility index (Phi) is 3.19. The van der Waals surface area contributed by atoms with Gasteiger partial charge in [-0.2, -0.15) is 0 Å². The summed E-state index contributed by atoms with van der Waals surface area (Å²) in [6.45, 7) is 0. The summed E-state index contributed by atoms with van der Waals surface area (Å²) in [5.74, 6) is -0.876. The van der Waals surface area contributed by atoms with Crippen LogP contribution in [0.15, 0.2) is 40.1 Å². The summed E-state index contributed by atoms with van der Waals surface area (Å²) >= 11 is 0. The number of rotatable bonds is 3. The van der Waals surface area contributed by atoms with Crippen LogP contribution in [0.3, 0.4) is 0 Å². The SMILES string of the molecule is N/C(=N\OC(=O)c1ccccc1)c1nonc1N. The maximum Gasteiger partial charge on any atom is 0.365 e. The van der Waals surface area contributed by atoms with Crippen LogP contribution < -0.4 is 11.5 Å². The maximum absolute atomic E-state index is 11.5. The Morgan fingerprint density at radius 1 is 1.28 bits per heavy atom. The first-order valence-corrected chi connectivity index (χ1v) is 4.86. The summed E-state index contributed by atoms with van der Waals surface area (Å²) in [4.78, 5) is 16.2. The monoisotopic (exact) mass is 247 g/mol. The van der Waals surface area contributed by atoms with Gasteiger partial charge in [0.05, 0.1) is 5.56 Å². The lowest BCUT2D eigenvalue weighted by atomic mass is 10.2. The molecule has 92 valence electrons. The van der Waals surface area contributed by atoms with Crippen molar-refractivity contribution in [2.24, 2.45) is 10.9 Å². The van der Waals surface area contributed by atoms with Crippen LogP contribution in [0.1, 0.15) is 16.1 Å². The van der Waals surface area contributed by atoms with Gasteiger partial charge in [0.2, 0.25) is 0 Å². The maximum atomic E-state index is 11.5. The van der Waals surface area contributed by atoms with E-state index in [1.54, 1.807) is 30.3 Å². The van der Waals surface area contributed by atoms with Crippen molar-refractivity contribution < 1.29 is 14.3 Å². The van der Waals surface area contributed by atoms with Gasteiger partial charge < -0.3 is 16.3 Å². The van der Waals surface area contributed by atoms with Gasteiger partial charge >= 0.3 is 5.97 Å². The number of hydrogen-bond acceptors (Lipinski definition) is 7. The van der Waals surface area contributed by atoms with Crippen LogP contribution in [-0.4, -0.2) is 22.1 Å². The smallest absolute Gasteiger partial charge is 0.365 e. The summed E-state index contributed by atoms with van der Waals surface area (Å²) in [6.07, 6.45) is 0. The van der Waals surface area contributed by atoms with Crippen LogP contribution in [0.5, 0.6) is 0 Å². The highest BCUT2D eigenvalue weighted by atomic mass is 16.7. The second-order valence-corrected chi connectivity index (χ2v) is 3.22. The molecular formula is C10H9N5O3. The predicted octanol–water partition coefficient (Wildman–Crippen LogP) is 0.129. The van der Waals surface area contributed by atoms with Crippen molar-refractivity contribution in [3.63, 3.8) is 0 Å². The Hall–Kier alpha value is -2.90. The average Bonchev–Trinajstić information content (AvgIpc) is 2.83. The number of hydrogen-bond donors (Lipinski definition) is 2. The van der Waals surface area contributed by atoms with E-state index in [2.05, 4.69) is 24.9 Å². The first-order valence-electron chi connectivity index (χ1n) is 4.86.